The molecule has 290 valence electrons. The first-order valence-corrected chi connectivity index (χ1v) is 17.7. The maximum absolute atomic E-state index is 12.5. The number of aliphatic hydroxyl groups is 1. The number of benzene rings is 2. The molecule has 0 bridgehead atoms. The van der Waals surface area contributed by atoms with Gasteiger partial charge in [0.25, 0.3) is 0 Å². The van der Waals surface area contributed by atoms with E-state index in [1.165, 1.54) is 12.7 Å². The van der Waals surface area contributed by atoms with Gasteiger partial charge in [-0.15, -0.1) is 37.2 Å². The van der Waals surface area contributed by atoms with Crippen LogP contribution in [0.4, 0.5) is 0 Å². The molecular formula is C40H47Cl5N6O3. The third kappa shape index (κ3) is 9.48. The number of aliphatic hydroxyl groups excluding tert-OH is 1. The highest BCUT2D eigenvalue weighted by Crippen LogP contribution is 2.41. The summed E-state index contributed by atoms with van der Waals surface area (Å²) in [6.07, 6.45) is 7.54. The van der Waals surface area contributed by atoms with Crippen molar-refractivity contribution in [3.63, 3.8) is 0 Å². The molecule has 0 saturated carbocycles. The van der Waals surface area contributed by atoms with E-state index in [-0.39, 0.29) is 69.3 Å². The molecule has 2 aliphatic heterocycles. The van der Waals surface area contributed by atoms with Crippen LogP contribution < -0.4 is 10.6 Å². The van der Waals surface area contributed by atoms with Crippen molar-refractivity contribution in [1.82, 2.24) is 30.4 Å². The highest BCUT2D eigenvalue weighted by molar-refractivity contribution is 6.31. The Bertz CT molecular complexity index is 1950. The molecule has 4 aliphatic rings. The van der Waals surface area contributed by atoms with Crippen molar-refractivity contribution in [3.8, 4) is 0 Å². The summed E-state index contributed by atoms with van der Waals surface area (Å²) >= 11 is 12.5. The van der Waals surface area contributed by atoms with Crippen molar-refractivity contribution in [1.29, 1.82) is 0 Å². The van der Waals surface area contributed by atoms with Crippen molar-refractivity contribution in [3.05, 3.63) is 128 Å². The SMILES string of the molecule is C.COC(=O)C1=Cc2cc(Cl)ccc2C(N2CCNCC2)c2ncccc21.Cl.Cl.Cl.OCC1=Cc2cc(Cl)ccc2C(N2CCNCC2)c2ncccc21. The number of rotatable bonds is 4. The Morgan fingerprint density at radius 3 is 1.70 bits per heavy atom. The van der Waals surface area contributed by atoms with Gasteiger partial charge < -0.3 is 20.5 Å². The fourth-order valence-electron chi connectivity index (χ4n) is 7.43. The second-order valence-electron chi connectivity index (χ2n) is 12.7. The zero-order valence-electron chi connectivity index (χ0n) is 29.1. The van der Waals surface area contributed by atoms with Crippen LogP contribution in [0, 0.1) is 0 Å². The van der Waals surface area contributed by atoms with Gasteiger partial charge in [-0.3, -0.25) is 19.8 Å². The van der Waals surface area contributed by atoms with Crippen LogP contribution in [0.25, 0.3) is 23.3 Å². The fourth-order valence-corrected chi connectivity index (χ4v) is 7.79. The molecule has 2 aliphatic carbocycles. The van der Waals surface area contributed by atoms with Crippen LogP contribution in [0.2, 0.25) is 10.0 Å². The third-order valence-corrected chi connectivity index (χ3v) is 10.2. The van der Waals surface area contributed by atoms with E-state index in [2.05, 4.69) is 31.5 Å². The van der Waals surface area contributed by atoms with Crippen molar-refractivity contribution in [2.24, 2.45) is 0 Å². The first-order chi connectivity index (χ1) is 24.5. The minimum absolute atomic E-state index is 0. The van der Waals surface area contributed by atoms with Crippen molar-refractivity contribution >= 4 is 89.7 Å². The van der Waals surface area contributed by atoms with Gasteiger partial charge >= 0.3 is 5.97 Å². The van der Waals surface area contributed by atoms with E-state index in [1.54, 1.807) is 6.20 Å². The number of fused-ring (bicyclic) bond motifs is 4. The second kappa shape index (κ2) is 20.7. The van der Waals surface area contributed by atoms with Gasteiger partial charge in [0.1, 0.15) is 0 Å². The Kier molecular flexibility index (Phi) is 17.4. The van der Waals surface area contributed by atoms with E-state index in [1.807, 2.05) is 72.9 Å². The van der Waals surface area contributed by atoms with Crippen molar-refractivity contribution in [2.45, 2.75) is 19.5 Å². The highest BCUT2D eigenvalue weighted by Gasteiger charge is 2.34. The van der Waals surface area contributed by atoms with Gasteiger partial charge in [0.05, 0.1) is 42.8 Å². The number of esters is 1. The normalized spacial score (nSPS) is 18.7. The van der Waals surface area contributed by atoms with Crippen LogP contribution >= 0.6 is 60.4 Å². The zero-order valence-corrected chi connectivity index (χ0v) is 33.1. The van der Waals surface area contributed by atoms with Gasteiger partial charge in [0, 0.05) is 85.9 Å². The van der Waals surface area contributed by atoms with E-state index in [0.717, 1.165) is 97.1 Å². The molecule has 54 heavy (non-hydrogen) atoms. The number of nitrogens with zero attached hydrogens (tertiary/aromatic N) is 4. The number of hydrogen-bond donors (Lipinski definition) is 3. The van der Waals surface area contributed by atoms with Crippen LogP contribution in [-0.4, -0.2) is 96.9 Å². The van der Waals surface area contributed by atoms with Crippen molar-refractivity contribution < 1.29 is 14.6 Å². The number of hydrogen-bond acceptors (Lipinski definition) is 9. The van der Waals surface area contributed by atoms with E-state index < -0.39 is 0 Å². The highest BCUT2D eigenvalue weighted by atomic mass is 35.5. The lowest BCUT2D eigenvalue weighted by atomic mass is 9.95. The van der Waals surface area contributed by atoms with Crippen LogP contribution in [0.5, 0.6) is 0 Å². The van der Waals surface area contributed by atoms with Crippen LogP contribution in [0.15, 0.2) is 73.1 Å². The summed E-state index contributed by atoms with van der Waals surface area (Å²) in [7, 11) is 1.40. The molecule has 9 nitrogen and oxygen atoms in total. The number of carbonyl (C=O) groups excluding carboxylic acids is 1. The molecule has 4 aromatic rings. The maximum Gasteiger partial charge on any atom is 0.338 e. The summed E-state index contributed by atoms with van der Waals surface area (Å²) in [6.45, 7) is 7.56. The first-order valence-electron chi connectivity index (χ1n) is 17.0. The quantitative estimate of drug-likeness (QED) is 0.184. The molecule has 4 heterocycles. The number of aromatic nitrogens is 2. The summed E-state index contributed by atoms with van der Waals surface area (Å²) in [5.74, 6) is -0.369. The Morgan fingerprint density at radius 1 is 0.759 bits per heavy atom. The lowest BCUT2D eigenvalue weighted by molar-refractivity contribution is -0.133. The molecule has 2 atom stereocenters. The molecule has 2 aromatic carbocycles. The lowest BCUT2D eigenvalue weighted by Crippen LogP contribution is -2.45. The maximum atomic E-state index is 12.5. The minimum atomic E-state index is -0.369. The molecule has 14 heteroatoms. The number of carbonyl (C=O) groups is 1. The number of halogens is 5. The minimum Gasteiger partial charge on any atom is -0.465 e. The number of piperazine rings is 2. The molecule has 2 unspecified atom stereocenters. The summed E-state index contributed by atoms with van der Waals surface area (Å²) in [4.78, 5) is 26.7. The molecule has 2 aromatic heterocycles. The molecule has 0 radical (unpaired) electrons. The van der Waals surface area contributed by atoms with Crippen LogP contribution in [-0.2, 0) is 9.53 Å². The predicted molar refractivity (Wildman–Crippen MR) is 227 cm³/mol. The monoisotopic (exact) mass is 834 g/mol. The lowest BCUT2D eigenvalue weighted by Gasteiger charge is -2.35. The zero-order chi connectivity index (χ0) is 34.6. The summed E-state index contributed by atoms with van der Waals surface area (Å²) in [5, 5.41) is 18.1. The molecule has 8 rings (SSSR count). The Balaban J connectivity index is 0.000000271. The summed E-state index contributed by atoms with van der Waals surface area (Å²) in [5.41, 5.74) is 9.43. The Labute approximate surface area is 346 Å². The van der Waals surface area contributed by atoms with Crippen molar-refractivity contribution in [2.75, 3.05) is 66.1 Å². The Morgan fingerprint density at radius 2 is 1.22 bits per heavy atom. The van der Waals surface area contributed by atoms with Gasteiger partial charge in [-0.1, -0.05) is 54.9 Å². The van der Waals surface area contributed by atoms with Crippen LogP contribution in [0.1, 0.15) is 64.3 Å². The average Bonchev–Trinajstić information content (AvgIpc) is 3.39. The largest absolute Gasteiger partial charge is 0.465 e. The number of nitrogens with one attached hydrogen (secondary N) is 2. The second-order valence-corrected chi connectivity index (χ2v) is 13.5. The molecule has 2 saturated heterocycles. The van der Waals surface area contributed by atoms with Gasteiger partial charge in [0.2, 0.25) is 0 Å². The van der Waals surface area contributed by atoms with E-state index in [4.69, 9.17) is 32.9 Å². The molecule has 2 fully saturated rings. The van der Waals surface area contributed by atoms with Crippen LogP contribution in [0.3, 0.4) is 0 Å². The number of ether oxygens (including phenoxy) is 1. The van der Waals surface area contributed by atoms with Gasteiger partial charge in [0.15, 0.2) is 0 Å². The predicted octanol–water partition coefficient (Wildman–Crippen LogP) is 7.23. The topological polar surface area (TPSA) is 103 Å². The molecule has 0 spiro atoms. The standard InChI is InChI=1S/C20H20ClN3O2.C19H20ClN3O.CH4.3ClH/c1-26-20(25)17-12-13-11-14(21)4-5-15(13)19(24-9-7-22-8-10-24)18-16(17)3-2-6-23-18;20-15-3-4-17-13(11-15)10-14(12-24)16-2-1-5-22-18(16)19(17)23-8-6-21-7-9-23;;;;/h2-6,11-12,19,22H,7-10H2,1H3;1-5,10-11,19,21,24H,6-9,12H2;1H4;3*1H. The van der Waals surface area contributed by atoms with Gasteiger partial charge in [-0.25, -0.2) is 4.79 Å². The van der Waals surface area contributed by atoms with E-state index in [0.29, 0.717) is 15.6 Å². The Hall–Kier alpha value is -3.06. The molecular weight excluding hydrogens is 790 g/mol. The van der Waals surface area contributed by atoms with Gasteiger partial charge in [-0.05, 0) is 76.4 Å². The smallest absolute Gasteiger partial charge is 0.338 e. The third-order valence-electron chi connectivity index (χ3n) is 9.76. The first kappa shape index (κ1) is 45.3. The fraction of sp³-hybridized carbons (Fsp3) is 0.325. The molecule has 0 amide bonds. The number of pyridine rings is 2. The summed E-state index contributed by atoms with van der Waals surface area (Å²) in [6, 6.07) is 19.7. The average molecular weight is 837 g/mol. The van der Waals surface area contributed by atoms with E-state index in [9.17, 15) is 9.90 Å². The summed E-state index contributed by atoms with van der Waals surface area (Å²) < 4.78 is 5.04. The van der Waals surface area contributed by atoms with E-state index >= 15 is 0 Å². The molecule has 3 N–H and O–H groups in total. The number of methoxy groups -OCH3 is 1. The van der Waals surface area contributed by atoms with Gasteiger partial charge in [-0.2, -0.15) is 0 Å².